The molecule has 2 heterocycles. The van der Waals surface area contributed by atoms with Crippen LogP contribution in [-0.4, -0.2) is 20.1 Å². The summed E-state index contributed by atoms with van der Waals surface area (Å²) in [7, 11) is 0. The van der Waals surface area contributed by atoms with E-state index in [4.69, 9.17) is 11.6 Å². The van der Waals surface area contributed by atoms with Crippen LogP contribution in [0.5, 0.6) is 0 Å². The molecule has 0 aliphatic carbocycles. The van der Waals surface area contributed by atoms with Crippen molar-refractivity contribution in [3.8, 4) is 0 Å². The molecule has 96 valence electrons. The molecule has 0 radical (unpaired) electrons. The molecule has 0 fully saturated rings. The van der Waals surface area contributed by atoms with Gasteiger partial charge >= 0.3 is 0 Å². The fourth-order valence-electron chi connectivity index (χ4n) is 1.37. The Morgan fingerprint density at radius 3 is 2.78 bits per heavy atom. The molecule has 0 aromatic carbocycles. The highest BCUT2D eigenvalue weighted by Crippen LogP contribution is 2.23. The van der Waals surface area contributed by atoms with Crippen LogP contribution in [0.2, 0.25) is 5.15 Å². The standard InChI is InChI=1S/C11H14ClN5O/c1-6(2)10-15-9(12)7(3)11(16-10)13-4-8-14-5-18-17-8/h5-6H,4H2,1-3H3,(H,13,15,16). The Kier molecular flexibility index (Phi) is 3.76. The summed E-state index contributed by atoms with van der Waals surface area (Å²) in [5.41, 5.74) is 0.810. The number of nitrogens with zero attached hydrogens (tertiary/aromatic N) is 4. The number of nitrogens with one attached hydrogen (secondary N) is 1. The summed E-state index contributed by atoms with van der Waals surface area (Å²) in [4.78, 5) is 12.6. The molecular formula is C11H14ClN5O. The molecule has 7 heteroatoms. The van der Waals surface area contributed by atoms with Crippen molar-refractivity contribution >= 4 is 17.4 Å². The van der Waals surface area contributed by atoms with Gasteiger partial charge < -0.3 is 9.84 Å². The fourth-order valence-corrected chi connectivity index (χ4v) is 1.55. The normalized spacial score (nSPS) is 10.9. The molecule has 18 heavy (non-hydrogen) atoms. The van der Waals surface area contributed by atoms with Crippen molar-refractivity contribution in [3.63, 3.8) is 0 Å². The Balaban J connectivity index is 2.20. The minimum atomic E-state index is 0.217. The Morgan fingerprint density at radius 1 is 1.39 bits per heavy atom. The highest BCUT2D eigenvalue weighted by atomic mass is 35.5. The summed E-state index contributed by atoms with van der Waals surface area (Å²) in [5, 5.41) is 7.31. The van der Waals surface area contributed by atoms with Gasteiger partial charge in [0.2, 0.25) is 6.39 Å². The lowest BCUT2D eigenvalue weighted by Crippen LogP contribution is -2.09. The molecule has 0 aliphatic rings. The predicted octanol–water partition coefficient (Wildman–Crippen LogP) is 2.56. The van der Waals surface area contributed by atoms with E-state index in [-0.39, 0.29) is 5.92 Å². The fraction of sp³-hybridized carbons (Fsp3) is 0.455. The zero-order chi connectivity index (χ0) is 13.1. The average Bonchev–Trinajstić information content (AvgIpc) is 2.83. The van der Waals surface area contributed by atoms with Gasteiger partial charge in [-0.2, -0.15) is 4.98 Å². The van der Waals surface area contributed by atoms with E-state index in [9.17, 15) is 0 Å². The second-order valence-corrected chi connectivity index (χ2v) is 4.56. The molecule has 0 aliphatic heterocycles. The lowest BCUT2D eigenvalue weighted by molar-refractivity contribution is 0.411. The number of rotatable bonds is 4. The molecule has 0 unspecified atom stereocenters. The van der Waals surface area contributed by atoms with Gasteiger partial charge in [0.05, 0.1) is 6.54 Å². The van der Waals surface area contributed by atoms with Gasteiger partial charge in [-0.3, -0.25) is 0 Å². The Labute approximate surface area is 110 Å². The summed E-state index contributed by atoms with van der Waals surface area (Å²) in [6, 6.07) is 0. The van der Waals surface area contributed by atoms with Crippen LogP contribution in [0.4, 0.5) is 5.82 Å². The van der Waals surface area contributed by atoms with Gasteiger partial charge in [-0.05, 0) is 6.92 Å². The van der Waals surface area contributed by atoms with Crippen molar-refractivity contribution in [1.82, 2.24) is 20.1 Å². The molecule has 0 spiro atoms. The van der Waals surface area contributed by atoms with Crippen molar-refractivity contribution in [1.29, 1.82) is 0 Å². The van der Waals surface area contributed by atoms with E-state index in [0.717, 1.165) is 5.56 Å². The molecule has 0 saturated heterocycles. The van der Waals surface area contributed by atoms with Crippen LogP contribution in [-0.2, 0) is 6.54 Å². The van der Waals surface area contributed by atoms with E-state index in [1.165, 1.54) is 6.39 Å². The maximum absolute atomic E-state index is 6.08. The Hall–Kier alpha value is -1.69. The number of hydrogen-bond donors (Lipinski definition) is 1. The summed E-state index contributed by atoms with van der Waals surface area (Å²) in [6.07, 6.45) is 1.29. The van der Waals surface area contributed by atoms with Crippen LogP contribution in [0.1, 0.15) is 37.0 Å². The highest BCUT2D eigenvalue weighted by Gasteiger charge is 2.12. The first-order chi connectivity index (χ1) is 8.58. The third kappa shape index (κ3) is 2.76. The zero-order valence-electron chi connectivity index (χ0n) is 10.4. The third-order valence-corrected chi connectivity index (χ3v) is 2.81. The monoisotopic (exact) mass is 267 g/mol. The molecular weight excluding hydrogens is 254 g/mol. The van der Waals surface area contributed by atoms with Gasteiger partial charge in [0.1, 0.15) is 16.8 Å². The summed E-state index contributed by atoms with van der Waals surface area (Å²) in [5.74, 6) is 2.19. The van der Waals surface area contributed by atoms with Crippen LogP contribution >= 0.6 is 11.6 Å². The number of aromatic nitrogens is 4. The number of halogens is 1. The van der Waals surface area contributed by atoms with Crippen LogP contribution in [0.15, 0.2) is 10.9 Å². The molecule has 0 saturated carbocycles. The first-order valence-corrected chi connectivity index (χ1v) is 5.99. The minimum absolute atomic E-state index is 0.217. The second-order valence-electron chi connectivity index (χ2n) is 4.20. The van der Waals surface area contributed by atoms with E-state index >= 15 is 0 Å². The SMILES string of the molecule is Cc1c(Cl)nc(C(C)C)nc1NCc1ncon1. The van der Waals surface area contributed by atoms with Gasteiger partial charge in [0.25, 0.3) is 0 Å². The number of hydrogen-bond acceptors (Lipinski definition) is 6. The van der Waals surface area contributed by atoms with E-state index in [0.29, 0.717) is 29.2 Å². The van der Waals surface area contributed by atoms with Crippen molar-refractivity contribution in [2.24, 2.45) is 0 Å². The zero-order valence-corrected chi connectivity index (χ0v) is 11.2. The quantitative estimate of drug-likeness (QED) is 0.858. The van der Waals surface area contributed by atoms with Crippen LogP contribution in [0.25, 0.3) is 0 Å². The molecule has 0 atom stereocenters. The van der Waals surface area contributed by atoms with Gasteiger partial charge in [-0.25, -0.2) is 9.97 Å². The van der Waals surface area contributed by atoms with Gasteiger partial charge in [-0.15, -0.1) is 0 Å². The molecule has 2 aromatic heterocycles. The summed E-state index contributed by atoms with van der Waals surface area (Å²) >= 11 is 6.08. The van der Waals surface area contributed by atoms with E-state index in [1.54, 1.807) is 0 Å². The van der Waals surface area contributed by atoms with Crippen molar-refractivity contribution in [2.75, 3.05) is 5.32 Å². The molecule has 6 nitrogen and oxygen atoms in total. The van der Waals surface area contributed by atoms with Crippen LogP contribution < -0.4 is 5.32 Å². The highest BCUT2D eigenvalue weighted by molar-refractivity contribution is 6.30. The average molecular weight is 268 g/mol. The van der Waals surface area contributed by atoms with E-state index in [2.05, 4.69) is 29.9 Å². The maximum Gasteiger partial charge on any atom is 0.213 e. The van der Waals surface area contributed by atoms with Gasteiger partial charge in [0.15, 0.2) is 5.82 Å². The molecule has 1 N–H and O–H groups in total. The number of anilines is 1. The lowest BCUT2D eigenvalue weighted by atomic mass is 10.2. The topological polar surface area (TPSA) is 76.7 Å². The van der Waals surface area contributed by atoms with Crippen molar-refractivity contribution in [3.05, 3.63) is 28.8 Å². The van der Waals surface area contributed by atoms with Crippen molar-refractivity contribution in [2.45, 2.75) is 33.2 Å². The molecule has 2 rings (SSSR count). The lowest BCUT2D eigenvalue weighted by Gasteiger charge is -2.11. The minimum Gasteiger partial charge on any atom is -0.362 e. The molecule has 0 bridgehead atoms. The molecule has 2 aromatic rings. The van der Waals surface area contributed by atoms with Crippen LogP contribution in [0.3, 0.4) is 0 Å². The Bertz CT molecular complexity index is 526. The van der Waals surface area contributed by atoms with E-state index in [1.807, 2.05) is 20.8 Å². The summed E-state index contributed by atoms with van der Waals surface area (Å²) in [6.45, 7) is 6.33. The predicted molar refractivity (Wildman–Crippen MR) is 67.5 cm³/mol. The maximum atomic E-state index is 6.08. The first-order valence-electron chi connectivity index (χ1n) is 5.61. The second kappa shape index (κ2) is 5.30. The van der Waals surface area contributed by atoms with Gasteiger partial charge in [0, 0.05) is 11.5 Å². The van der Waals surface area contributed by atoms with Crippen molar-refractivity contribution < 1.29 is 4.52 Å². The largest absolute Gasteiger partial charge is 0.362 e. The third-order valence-electron chi connectivity index (χ3n) is 2.44. The smallest absolute Gasteiger partial charge is 0.213 e. The van der Waals surface area contributed by atoms with E-state index < -0.39 is 0 Å². The Morgan fingerprint density at radius 2 is 2.17 bits per heavy atom. The first kappa shape index (κ1) is 12.8. The molecule has 0 amide bonds. The van der Waals surface area contributed by atoms with Gasteiger partial charge in [-0.1, -0.05) is 30.6 Å². The van der Waals surface area contributed by atoms with Crippen LogP contribution in [0, 0.1) is 6.92 Å². The summed E-state index contributed by atoms with van der Waals surface area (Å²) < 4.78 is 4.66.